The van der Waals surface area contributed by atoms with Crippen LogP contribution in [0.1, 0.15) is 11.1 Å². The SMILES string of the molecule is Cc1cc(C)c2c(c1)c1c(ccc3oc4cc5oc6ccccc6c5cc4c31)c1nccn12. The molecule has 0 saturated carbocycles. The van der Waals surface area contributed by atoms with Gasteiger partial charge in [0.1, 0.15) is 28.0 Å². The predicted molar refractivity (Wildman–Crippen MR) is 134 cm³/mol. The number of rotatable bonds is 0. The van der Waals surface area contributed by atoms with Crippen LogP contribution in [-0.4, -0.2) is 9.38 Å². The van der Waals surface area contributed by atoms with Gasteiger partial charge in [0.05, 0.1) is 5.52 Å². The van der Waals surface area contributed by atoms with Gasteiger partial charge in [-0.25, -0.2) is 4.98 Å². The van der Waals surface area contributed by atoms with Gasteiger partial charge in [-0.2, -0.15) is 0 Å². The van der Waals surface area contributed by atoms with E-state index in [0.29, 0.717) is 0 Å². The van der Waals surface area contributed by atoms with Crippen LogP contribution < -0.4 is 0 Å². The molecule has 4 aromatic heterocycles. The van der Waals surface area contributed by atoms with Crippen LogP contribution in [0.3, 0.4) is 0 Å². The van der Waals surface area contributed by atoms with Crippen molar-refractivity contribution >= 4 is 71.2 Å². The molecule has 0 aliphatic carbocycles. The first-order valence-electron chi connectivity index (χ1n) is 11.1. The summed E-state index contributed by atoms with van der Waals surface area (Å²) in [5.74, 6) is 0. The number of aryl methyl sites for hydroxylation is 2. The summed E-state index contributed by atoms with van der Waals surface area (Å²) in [5.41, 5.74) is 8.10. The number of fused-ring (bicyclic) bond motifs is 13. The average molecular weight is 426 g/mol. The lowest BCUT2D eigenvalue weighted by atomic mass is 9.97. The lowest BCUT2D eigenvalue weighted by Gasteiger charge is -2.12. The number of hydrogen-bond acceptors (Lipinski definition) is 3. The minimum absolute atomic E-state index is 0.838. The Bertz CT molecular complexity index is 2100. The van der Waals surface area contributed by atoms with Crippen LogP contribution in [0.25, 0.3) is 71.2 Å². The number of imidazole rings is 1. The largest absolute Gasteiger partial charge is 0.456 e. The van der Waals surface area contributed by atoms with Gasteiger partial charge in [-0.05, 0) is 49.7 Å². The highest BCUT2D eigenvalue weighted by molar-refractivity contribution is 6.30. The smallest absolute Gasteiger partial charge is 0.145 e. The van der Waals surface area contributed by atoms with E-state index >= 15 is 0 Å². The van der Waals surface area contributed by atoms with Crippen LogP contribution in [0.2, 0.25) is 0 Å². The standard InChI is InChI=1S/C29H18N2O2/c1-15-11-16(2)28-21(12-15)26-18(29-30-9-10-31(28)29)7-8-23-27(26)20-13-19-17-5-3-4-6-22(17)32-24(19)14-25(20)33-23/h3-14H,1-2H3. The van der Waals surface area contributed by atoms with E-state index in [-0.39, 0.29) is 0 Å². The Kier molecular flexibility index (Phi) is 3.00. The van der Waals surface area contributed by atoms with Crippen LogP contribution in [0.15, 0.2) is 81.9 Å². The van der Waals surface area contributed by atoms with E-state index in [9.17, 15) is 0 Å². The first-order chi connectivity index (χ1) is 16.2. The number of aromatic nitrogens is 2. The quantitative estimate of drug-likeness (QED) is 0.230. The highest BCUT2D eigenvalue weighted by Crippen LogP contribution is 2.42. The van der Waals surface area contributed by atoms with Crippen molar-refractivity contribution in [3.05, 3.63) is 84.2 Å². The van der Waals surface area contributed by atoms with Crippen molar-refractivity contribution in [1.29, 1.82) is 0 Å². The maximum absolute atomic E-state index is 6.38. The number of pyridine rings is 1. The molecule has 0 atom stereocenters. The number of furan rings is 2. The zero-order valence-electron chi connectivity index (χ0n) is 18.1. The normalized spacial score (nSPS) is 12.5. The van der Waals surface area contributed by atoms with Gasteiger partial charge in [0.15, 0.2) is 0 Å². The second-order valence-corrected chi connectivity index (χ2v) is 9.00. The van der Waals surface area contributed by atoms with E-state index in [4.69, 9.17) is 13.8 Å². The second-order valence-electron chi connectivity index (χ2n) is 9.00. The highest BCUT2D eigenvalue weighted by atomic mass is 16.3. The third kappa shape index (κ3) is 2.08. The van der Waals surface area contributed by atoms with E-state index in [2.05, 4.69) is 66.9 Å². The number of para-hydroxylation sites is 1. The lowest BCUT2D eigenvalue weighted by molar-refractivity contribution is 0.656. The Balaban J connectivity index is 1.69. The zero-order valence-corrected chi connectivity index (χ0v) is 18.1. The molecular formula is C29H18N2O2. The van der Waals surface area contributed by atoms with Crippen molar-refractivity contribution in [2.75, 3.05) is 0 Å². The number of benzene rings is 4. The van der Waals surface area contributed by atoms with Crippen molar-refractivity contribution in [2.45, 2.75) is 13.8 Å². The summed E-state index contributed by atoms with van der Waals surface area (Å²) in [6.07, 6.45) is 3.94. The molecule has 0 aliphatic heterocycles. The van der Waals surface area contributed by atoms with Crippen molar-refractivity contribution < 1.29 is 8.83 Å². The molecule has 0 amide bonds. The van der Waals surface area contributed by atoms with Crippen molar-refractivity contribution in [1.82, 2.24) is 9.38 Å². The molecule has 4 heteroatoms. The summed E-state index contributed by atoms with van der Waals surface area (Å²) in [6.45, 7) is 4.33. The van der Waals surface area contributed by atoms with Gasteiger partial charge < -0.3 is 8.83 Å². The average Bonchev–Trinajstić information content (AvgIpc) is 3.51. The Morgan fingerprint density at radius 1 is 0.667 bits per heavy atom. The van der Waals surface area contributed by atoms with Crippen LogP contribution in [0.4, 0.5) is 0 Å². The van der Waals surface area contributed by atoms with E-state index in [0.717, 1.165) is 54.9 Å². The van der Waals surface area contributed by atoms with Gasteiger partial charge >= 0.3 is 0 Å². The Hall–Kier alpha value is -4.31. The molecular weight excluding hydrogens is 408 g/mol. The number of nitrogens with zero attached hydrogens (tertiary/aromatic N) is 2. The van der Waals surface area contributed by atoms with Crippen molar-refractivity contribution in [3.63, 3.8) is 0 Å². The van der Waals surface area contributed by atoms with Gasteiger partial charge in [-0.3, -0.25) is 4.40 Å². The fourth-order valence-electron chi connectivity index (χ4n) is 5.71. The molecule has 0 N–H and O–H groups in total. The summed E-state index contributed by atoms with van der Waals surface area (Å²) in [7, 11) is 0. The molecule has 0 spiro atoms. The molecule has 4 nitrogen and oxygen atoms in total. The van der Waals surface area contributed by atoms with Gasteiger partial charge in [0.2, 0.25) is 0 Å². The lowest BCUT2D eigenvalue weighted by Crippen LogP contribution is -1.94. The van der Waals surface area contributed by atoms with Crippen LogP contribution in [0, 0.1) is 13.8 Å². The molecule has 0 fully saturated rings. The van der Waals surface area contributed by atoms with Gasteiger partial charge in [0.25, 0.3) is 0 Å². The van der Waals surface area contributed by atoms with E-state index in [1.54, 1.807) is 0 Å². The molecule has 0 aliphatic rings. The fraction of sp³-hybridized carbons (Fsp3) is 0.0690. The minimum atomic E-state index is 0.838. The molecule has 156 valence electrons. The molecule has 0 saturated heterocycles. The summed E-state index contributed by atoms with van der Waals surface area (Å²) in [5, 5.41) is 8.01. The Morgan fingerprint density at radius 2 is 1.52 bits per heavy atom. The Morgan fingerprint density at radius 3 is 2.45 bits per heavy atom. The predicted octanol–water partition coefficient (Wildman–Crippen LogP) is 8.06. The molecule has 0 radical (unpaired) electrons. The summed E-state index contributed by atoms with van der Waals surface area (Å²) >= 11 is 0. The highest BCUT2D eigenvalue weighted by Gasteiger charge is 2.19. The summed E-state index contributed by atoms with van der Waals surface area (Å²) < 4.78 is 14.7. The first kappa shape index (κ1) is 17.3. The second kappa shape index (κ2) is 5.73. The summed E-state index contributed by atoms with van der Waals surface area (Å²) in [6, 6.07) is 21.2. The maximum Gasteiger partial charge on any atom is 0.145 e. The Labute approximate surface area is 187 Å². The zero-order chi connectivity index (χ0) is 21.8. The van der Waals surface area contributed by atoms with Gasteiger partial charge in [-0.15, -0.1) is 0 Å². The van der Waals surface area contributed by atoms with E-state index in [1.807, 2.05) is 24.4 Å². The monoisotopic (exact) mass is 426 g/mol. The van der Waals surface area contributed by atoms with Crippen molar-refractivity contribution in [3.8, 4) is 0 Å². The van der Waals surface area contributed by atoms with Crippen LogP contribution in [0.5, 0.6) is 0 Å². The third-order valence-corrected chi connectivity index (χ3v) is 6.97. The molecule has 4 aromatic carbocycles. The molecule has 0 unspecified atom stereocenters. The maximum atomic E-state index is 6.38. The van der Waals surface area contributed by atoms with E-state index < -0.39 is 0 Å². The molecule has 8 rings (SSSR count). The third-order valence-electron chi connectivity index (χ3n) is 6.97. The number of hydrogen-bond donors (Lipinski definition) is 0. The van der Waals surface area contributed by atoms with Gasteiger partial charge in [-0.1, -0.05) is 29.8 Å². The molecule has 4 heterocycles. The van der Waals surface area contributed by atoms with Crippen LogP contribution in [-0.2, 0) is 0 Å². The molecule has 8 aromatic rings. The van der Waals surface area contributed by atoms with Crippen LogP contribution >= 0.6 is 0 Å². The first-order valence-corrected chi connectivity index (χ1v) is 11.1. The van der Waals surface area contributed by atoms with Gasteiger partial charge in [0, 0.05) is 56.2 Å². The minimum Gasteiger partial charge on any atom is -0.456 e. The van der Waals surface area contributed by atoms with E-state index in [1.165, 1.54) is 27.4 Å². The fourth-order valence-corrected chi connectivity index (χ4v) is 5.71. The van der Waals surface area contributed by atoms with Crippen molar-refractivity contribution in [2.24, 2.45) is 0 Å². The molecule has 33 heavy (non-hydrogen) atoms. The molecule has 0 bridgehead atoms. The topological polar surface area (TPSA) is 43.6 Å². The summed E-state index contributed by atoms with van der Waals surface area (Å²) in [4.78, 5) is 4.73.